The van der Waals surface area contributed by atoms with Gasteiger partial charge in [0, 0.05) is 37.0 Å². The van der Waals surface area contributed by atoms with E-state index in [0.29, 0.717) is 0 Å². The fraction of sp³-hybridized carbons (Fsp3) is 0.316. The van der Waals surface area contributed by atoms with Crippen molar-refractivity contribution in [2.75, 3.05) is 25.1 Å². The smallest absolute Gasteiger partial charge is 0.220 e. The van der Waals surface area contributed by atoms with Gasteiger partial charge in [-0.3, -0.25) is 4.79 Å². The van der Waals surface area contributed by atoms with Crippen molar-refractivity contribution in [1.29, 1.82) is 0 Å². The van der Waals surface area contributed by atoms with Gasteiger partial charge < -0.3 is 15.4 Å². The van der Waals surface area contributed by atoms with Gasteiger partial charge in [-0.2, -0.15) is 5.10 Å². The highest BCUT2D eigenvalue weighted by atomic mass is 16.5. The third-order valence-corrected chi connectivity index (χ3v) is 4.93. The van der Waals surface area contributed by atoms with E-state index in [2.05, 4.69) is 15.0 Å². The summed E-state index contributed by atoms with van der Waals surface area (Å²) in [5.74, 6) is 1.44. The van der Waals surface area contributed by atoms with Crippen LogP contribution in [-0.2, 0) is 4.79 Å². The average molecular weight is 351 g/mol. The molecular formula is C19H21N5O2. The molecule has 0 bridgehead atoms. The minimum Gasteiger partial charge on any atom is -0.497 e. The molecule has 2 aromatic heterocycles. The van der Waals surface area contributed by atoms with Gasteiger partial charge in [0.05, 0.1) is 12.8 Å². The van der Waals surface area contributed by atoms with Crippen LogP contribution in [0.25, 0.3) is 16.8 Å². The number of carbonyl (C=O) groups is 1. The molecule has 0 spiro atoms. The minimum atomic E-state index is -0.208. The van der Waals surface area contributed by atoms with Crippen LogP contribution >= 0.6 is 0 Å². The number of primary amides is 1. The highest BCUT2D eigenvalue weighted by Crippen LogP contribution is 2.29. The maximum absolute atomic E-state index is 11.4. The van der Waals surface area contributed by atoms with Gasteiger partial charge in [0.1, 0.15) is 11.3 Å². The van der Waals surface area contributed by atoms with Gasteiger partial charge in [-0.1, -0.05) is 12.1 Å². The predicted octanol–water partition coefficient (Wildman–Crippen LogP) is 2.11. The van der Waals surface area contributed by atoms with Crippen molar-refractivity contribution in [2.45, 2.75) is 12.8 Å². The first-order valence-electron chi connectivity index (χ1n) is 8.69. The van der Waals surface area contributed by atoms with Crippen molar-refractivity contribution in [1.82, 2.24) is 14.6 Å². The number of carbonyl (C=O) groups excluding carboxylic acids is 1. The van der Waals surface area contributed by atoms with E-state index in [1.165, 1.54) is 0 Å². The number of aromatic nitrogens is 3. The fourth-order valence-electron chi connectivity index (χ4n) is 3.45. The summed E-state index contributed by atoms with van der Waals surface area (Å²) in [6, 6.07) is 9.88. The number of nitrogens with zero attached hydrogens (tertiary/aromatic N) is 4. The molecular weight excluding hydrogens is 330 g/mol. The first-order valence-corrected chi connectivity index (χ1v) is 8.69. The molecule has 7 nitrogen and oxygen atoms in total. The van der Waals surface area contributed by atoms with Crippen LogP contribution in [0.4, 0.5) is 5.82 Å². The second-order valence-corrected chi connectivity index (χ2v) is 6.51. The van der Waals surface area contributed by atoms with Crippen molar-refractivity contribution in [3.05, 3.63) is 42.7 Å². The summed E-state index contributed by atoms with van der Waals surface area (Å²) < 4.78 is 7.15. The monoisotopic (exact) mass is 351 g/mol. The molecule has 0 atom stereocenters. The van der Waals surface area contributed by atoms with E-state index < -0.39 is 0 Å². The number of ether oxygens (including phenoxy) is 1. The molecule has 3 aromatic rings. The molecule has 1 fully saturated rings. The summed E-state index contributed by atoms with van der Waals surface area (Å²) in [5, 5.41) is 4.68. The summed E-state index contributed by atoms with van der Waals surface area (Å²) in [7, 11) is 1.65. The minimum absolute atomic E-state index is 0.0387. The molecule has 1 aromatic carbocycles. The Balaban J connectivity index is 1.67. The Morgan fingerprint density at radius 1 is 1.27 bits per heavy atom. The highest BCUT2D eigenvalue weighted by Gasteiger charge is 2.25. The first kappa shape index (κ1) is 16.4. The van der Waals surface area contributed by atoms with E-state index in [9.17, 15) is 4.79 Å². The largest absolute Gasteiger partial charge is 0.497 e. The molecule has 0 aliphatic carbocycles. The number of benzene rings is 1. The number of hydrogen-bond donors (Lipinski definition) is 1. The van der Waals surface area contributed by atoms with Crippen LogP contribution in [0.2, 0.25) is 0 Å². The zero-order valence-electron chi connectivity index (χ0n) is 14.6. The van der Waals surface area contributed by atoms with Gasteiger partial charge in [-0.05, 0) is 31.0 Å². The lowest BCUT2D eigenvalue weighted by Gasteiger charge is -2.31. The van der Waals surface area contributed by atoms with Gasteiger partial charge in [0.25, 0.3) is 0 Å². The Hall–Kier alpha value is -3.09. The van der Waals surface area contributed by atoms with E-state index in [1.54, 1.807) is 13.3 Å². The predicted molar refractivity (Wildman–Crippen MR) is 99.1 cm³/mol. The van der Waals surface area contributed by atoms with Crippen LogP contribution in [0.5, 0.6) is 5.75 Å². The summed E-state index contributed by atoms with van der Waals surface area (Å²) in [6.45, 7) is 1.53. The Morgan fingerprint density at radius 2 is 2.08 bits per heavy atom. The highest BCUT2D eigenvalue weighted by molar-refractivity contribution is 5.78. The average Bonchev–Trinajstić information content (AvgIpc) is 3.12. The van der Waals surface area contributed by atoms with Crippen molar-refractivity contribution in [3.63, 3.8) is 0 Å². The topological polar surface area (TPSA) is 85.8 Å². The molecule has 134 valence electrons. The lowest BCUT2D eigenvalue weighted by Crippen LogP contribution is -2.39. The van der Waals surface area contributed by atoms with Crippen molar-refractivity contribution >= 4 is 17.2 Å². The number of fused-ring (bicyclic) bond motifs is 1. The van der Waals surface area contributed by atoms with Crippen molar-refractivity contribution in [3.8, 4) is 17.0 Å². The Kier molecular flexibility index (Phi) is 4.20. The second kappa shape index (κ2) is 6.67. The summed E-state index contributed by atoms with van der Waals surface area (Å²) in [6.07, 6.45) is 5.12. The molecule has 4 rings (SSSR count). The number of amides is 1. The van der Waals surface area contributed by atoms with Crippen molar-refractivity contribution < 1.29 is 9.53 Å². The second-order valence-electron chi connectivity index (χ2n) is 6.51. The molecule has 1 aliphatic rings. The maximum Gasteiger partial charge on any atom is 0.220 e. The molecule has 2 N–H and O–H groups in total. The van der Waals surface area contributed by atoms with Crippen LogP contribution in [0.1, 0.15) is 12.8 Å². The summed E-state index contributed by atoms with van der Waals surface area (Å²) in [4.78, 5) is 18.2. The quantitative estimate of drug-likeness (QED) is 0.778. The lowest BCUT2D eigenvalue weighted by molar-refractivity contribution is -0.122. The van der Waals surface area contributed by atoms with Gasteiger partial charge >= 0.3 is 0 Å². The Bertz CT molecular complexity index is 944. The molecule has 0 unspecified atom stereocenters. The molecule has 1 saturated heterocycles. The third kappa shape index (κ3) is 2.96. The van der Waals surface area contributed by atoms with Crippen LogP contribution in [0.15, 0.2) is 42.7 Å². The fourth-order valence-corrected chi connectivity index (χ4v) is 3.45. The van der Waals surface area contributed by atoms with E-state index in [1.807, 2.05) is 41.0 Å². The maximum atomic E-state index is 11.4. The number of piperidine rings is 1. The summed E-state index contributed by atoms with van der Waals surface area (Å²) >= 11 is 0. The number of nitrogens with two attached hydrogens (primary N) is 1. The lowest BCUT2D eigenvalue weighted by atomic mass is 9.96. The Morgan fingerprint density at radius 3 is 2.81 bits per heavy atom. The van der Waals surface area contributed by atoms with Gasteiger partial charge in [-0.25, -0.2) is 9.50 Å². The molecule has 1 amide bonds. The van der Waals surface area contributed by atoms with E-state index in [4.69, 9.17) is 10.5 Å². The van der Waals surface area contributed by atoms with Crippen LogP contribution in [0, 0.1) is 5.92 Å². The van der Waals surface area contributed by atoms with Gasteiger partial charge in [0.15, 0.2) is 5.82 Å². The number of anilines is 1. The standard InChI is InChI=1S/C19H21N5O2/c1-26-15-4-2-3-14(11-15)16-12-17-19(21-7-10-24(17)22-16)23-8-5-13(6-9-23)18(20)25/h2-4,7,10-13H,5-6,8-9H2,1H3,(H2,20,25). The zero-order chi connectivity index (χ0) is 18.1. The number of rotatable bonds is 4. The van der Waals surface area contributed by atoms with E-state index in [0.717, 1.165) is 54.3 Å². The SMILES string of the molecule is COc1cccc(-c2cc3c(N4CCC(C(N)=O)CC4)nccn3n2)c1. The van der Waals surface area contributed by atoms with E-state index in [-0.39, 0.29) is 11.8 Å². The zero-order valence-corrected chi connectivity index (χ0v) is 14.6. The van der Waals surface area contributed by atoms with Crippen molar-refractivity contribution in [2.24, 2.45) is 11.7 Å². The van der Waals surface area contributed by atoms with Crippen LogP contribution in [0.3, 0.4) is 0 Å². The van der Waals surface area contributed by atoms with Gasteiger partial charge in [-0.15, -0.1) is 0 Å². The summed E-state index contributed by atoms with van der Waals surface area (Å²) in [5.41, 5.74) is 8.24. The molecule has 7 heteroatoms. The normalized spacial score (nSPS) is 15.3. The molecule has 0 saturated carbocycles. The number of methoxy groups -OCH3 is 1. The third-order valence-electron chi connectivity index (χ3n) is 4.93. The first-order chi connectivity index (χ1) is 12.7. The molecule has 0 radical (unpaired) electrons. The van der Waals surface area contributed by atoms with Crippen LogP contribution in [-0.4, -0.2) is 40.7 Å². The molecule has 3 heterocycles. The van der Waals surface area contributed by atoms with Crippen LogP contribution < -0.4 is 15.4 Å². The van der Waals surface area contributed by atoms with E-state index >= 15 is 0 Å². The number of hydrogen-bond acceptors (Lipinski definition) is 5. The van der Waals surface area contributed by atoms with Gasteiger partial charge in [0.2, 0.25) is 5.91 Å². The molecule has 1 aliphatic heterocycles. The molecule has 26 heavy (non-hydrogen) atoms. The Labute approximate surface area is 151 Å².